The topological polar surface area (TPSA) is 66.8 Å². The molecule has 2 rings (SSSR count). The number of rotatable bonds is 8. The zero-order valence-electron chi connectivity index (χ0n) is 17.1. The number of hydrogen-bond donors (Lipinski definition) is 2. The van der Waals surface area contributed by atoms with E-state index in [0.717, 1.165) is 25.7 Å². The summed E-state index contributed by atoms with van der Waals surface area (Å²) in [6.45, 7) is 10.3. The van der Waals surface area contributed by atoms with Crippen LogP contribution in [0.5, 0.6) is 11.5 Å². The molecule has 1 heterocycles. The second-order valence-corrected chi connectivity index (χ2v) is 8.24. The fourth-order valence-electron chi connectivity index (χ4n) is 3.58. The van der Waals surface area contributed by atoms with E-state index in [9.17, 15) is 15.0 Å². The average molecular weight is 373 g/mol. The lowest BCUT2D eigenvalue weighted by Gasteiger charge is -2.32. The summed E-state index contributed by atoms with van der Waals surface area (Å²) in [6.07, 6.45) is 11.4. The quantitative estimate of drug-likeness (QED) is 0.540. The Labute approximate surface area is 162 Å². The van der Waals surface area contributed by atoms with Gasteiger partial charge in [-0.25, -0.2) is 4.79 Å². The van der Waals surface area contributed by atoms with Crippen LogP contribution in [0.15, 0.2) is 23.8 Å². The van der Waals surface area contributed by atoms with Crippen LogP contribution in [0.3, 0.4) is 0 Å². The van der Waals surface area contributed by atoms with Crippen LogP contribution in [0.1, 0.15) is 81.3 Å². The van der Waals surface area contributed by atoms with Gasteiger partial charge >= 0.3 is 5.97 Å². The lowest BCUT2D eigenvalue weighted by atomic mass is 9.90. The molecule has 4 heteroatoms. The molecule has 0 aromatic heterocycles. The monoisotopic (exact) mass is 372 g/mol. The Hall–Kier alpha value is -2.23. The van der Waals surface area contributed by atoms with Crippen LogP contribution in [0.4, 0.5) is 0 Å². The number of carbonyl (C=O) groups is 1. The number of carboxylic acids is 1. The first kappa shape index (κ1) is 21.1. The van der Waals surface area contributed by atoms with E-state index in [0.29, 0.717) is 22.8 Å². The summed E-state index contributed by atoms with van der Waals surface area (Å²) in [5, 5.41) is 19.6. The van der Waals surface area contributed by atoms with Crippen LogP contribution >= 0.6 is 0 Å². The van der Waals surface area contributed by atoms with Gasteiger partial charge in [-0.15, -0.1) is 0 Å². The van der Waals surface area contributed by atoms with Crippen molar-refractivity contribution < 1.29 is 19.7 Å². The number of aryl methyl sites for hydroxylation is 1. The molecule has 0 amide bonds. The third-order valence-corrected chi connectivity index (χ3v) is 5.24. The summed E-state index contributed by atoms with van der Waals surface area (Å²) >= 11 is 0. The van der Waals surface area contributed by atoms with E-state index >= 15 is 0 Å². The molecule has 0 radical (unpaired) electrons. The first-order valence-corrected chi connectivity index (χ1v) is 9.74. The van der Waals surface area contributed by atoms with Gasteiger partial charge in [0.2, 0.25) is 0 Å². The van der Waals surface area contributed by atoms with Gasteiger partial charge in [-0.2, -0.15) is 0 Å². The SMILES string of the molecule is CC(C)=CCCC(C)CCC[C@@]1(C)C=Cc2c(cc(C)c(C(=O)O)c2O)O1. The first-order valence-electron chi connectivity index (χ1n) is 9.74. The molecule has 1 aromatic rings. The van der Waals surface area contributed by atoms with Crippen molar-refractivity contribution in [3.63, 3.8) is 0 Å². The average Bonchev–Trinajstić information content (AvgIpc) is 2.53. The standard InChI is InChI=1S/C23H32O4/c1-15(2)8-6-9-16(3)10-7-12-23(5)13-11-18-19(27-23)14-17(4)20(21(18)24)22(25)26/h8,11,13-14,16,24H,6-7,9-10,12H2,1-5H3,(H,25,26)/t16?,23-/m0/s1. The van der Waals surface area contributed by atoms with E-state index in [1.54, 1.807) is 19.1 Å². The van der Waals surface area contributed by atoms with Crippen molar-refractivity contribution in [3.05, 3.63) is 40.5 Å². The van der Waals surface area contributed by atoms with Gasteiger partial charge < -0.3 is 14.9 Å². The van der Waals surface area contributed by atoms with E-state index in [1.165, 1.54) is 12.0 Å². The van der Waals surface area contributed by atoms with Crippen molar-refractivity contribution in [2.24, 2.45) is 5.92 Å². The summed E-state index contributed by atoms with van der Waals surface area (Å²) in [4.78, 5) is 11.3. The molecular weight excluding hydrogens is 340 g/mol. The maximum absolute atomic E-state index is 11.3. The zero-order chi connectivity index (χ0) is 20.2. The summed E-state index contributed by atoms with van der Waals surface area (Å²) in [5.74, 6) is -0.120. The minimum Gasteiger partial charge on any atom is -0.506 e. The molecule has 0 spiro atoms. The van der Waals surface area contributed by atoms with E-state index in [1.807, 2.05) is 13.0 Å². The number of fused-ring (bicyclic) bond motifs is 1. The highest BCUT2D eigenvalue weighted by Gasteiger charge is 2.30. The van der Waals surface area contributed by atoms with Crippen molar-refractivity contribution in [1.82, 2.24) is 0 Å². The number of phenols is 1. The summed E-state index contributed by atoms with van der Waals surface area (Å²) in [7, 11) is 0. The van der Waals surface area contributed by atoms with Crippen molar-refractivity contribution in [2.75, 3.05) is 0 Å². The van der Waals surface area contributed by atoms with Crippen LogP contribution in [-0.2, 0) is 0 Å². The molecule has 4 nitrogen and oxygen atoms in total. The fraction of sp³-hybridized carbons (Fsp3) is 0.522. The molecule has 0 bridgehead atoms. The molecule has 0 aliphatic carbocycles. The van der Waals surface area contributed by atoms with E-state index in [2.05, 4.69) is 26.8 Å². The Morgan fingerprint density at radius 2 is 2.04 bits per heavy atom. The lowest BCUT2D eigenvalue weighted by molar-refractivity contribution is 0.0692. The second kappa shape index (κ2) is 8.64. The molecule has 2 N–H and O–H groups in total. The normalized spacial score (nSPS) is 19.1. The fourth-order valence-corrected chi connectivity index (χ4v) is 3.58. The number of aromatic carboxylic acids is 1. The smallest absolute Gasteiger partial charge is 0.339 e. The Kier molecular flexibility index (Phi) is 6.74. The summed E-state index contributed by atoms with van der Waals surface area (Å²) in [6, 6.07) is 1.71. The second-order valence-electron chi connectivity index (χ2n) is 8.24. The van der Waals surface area contributed by atoms with Crippen LogP contribution in [0.2, 0.25) is 0 Å². The molecule has 1 aliphatic heterocycles. The Bertz CT molecular complexity index is 756. The Morgan fingerprint density at radius 1 is 1.33 bits per heavy atom. The maximum Gasteiger partial charge on any atom is 0.339 e. The van der Waals surface area contributed by atoms with Crippen molar-refractivity contribution in [2.45, 2.75) is 72.3 Å². The zero-order valence-corrected chi connectivity index (χ0v) is 17.1. The predicted octanol–water partition coefficient (Wildman–Crippen LogP) is 6.12. The largest absolute Gasteiger partial charge is 0.506 e. The molecule has 0 saturated carbocycles. The number of hydrogen-bond acceptors (Lipinski definition) is 3. The third-order valence-electron chi connectivity index (χ3n) is 5.24. The summed E-state index contributed by atoms with van der Waals surface area (Å²) < 4.78 is 6.16. The minimum absolute atomic E-state index is 0.0595. The van der Waals surface area contributed by atoms with Gasteiger partial charge in [-0.1, -0.05) is 25.0 Å². The van der Waals surface area contributed by atoms with E-state index < -0.39 is 11.6 Å². The number of ether oxygens (including phenoxy) is 1. The number of benzene rings is 1. The van der Waals surface area contributed by atoms with Gasteiger partial charge in [0.15, 0.2) is 0 Å². The minimum atomic E-state index is -1.13. The van der Waals surface area contributed by atoms with Crippen LogP contribution in [0, 0.1) is 12.8 Å². The van der Waals surface area contributed by atoms with E-state index in [-0.39, 0.29) is 11.3 Å². The van der Waals surface area contributed by atoms with Crippen molar-refractivity contribution >= 4 is 12.0 Å². The lowest BCUT2D eigenvalue weighted by Crippen LogP contribution is -2.32. The predicted molar refractivity (Wildman–Crippen MR) is 110 cm³/mol. The molecule has 0 saturated heterocycles. The molecule has 27 heavy (non-hydrogen) atoms. The Balaban J connectivity index is 1.99. The van der Waals surface area contributed by atoms with Gasteiger partial charge in [-0.3, -0.25) is 0 Å². The van der Waals surface area contributed by atoms with Gasteiger partial charge in [-0.05, 0) is 83.1 Å². The molecule has 1 unspecified atom stereocenters. The molecule has 1 aromatic carbocycles. The number of allylic oxidation sites excluding steroid dienone is 2. The van der Waals surface area contributed by atoms with Gasteiger partial charge in [0.05, 0.1) is 5.56 Å². The highest BCUT2D eigenvalue weighted by atomic mass is 16.5. The van der Waals surface area contributed by atoms with Crippen LogP contribution in [-0.4, -0.2) is 21.8 Å². The Morgan fingerprint density at radius 3 is 2.67 bits per heavy atom. The first-order chi connectivity index (χ1) is 12.6. The maximum atomic E-state index is 11.3. The molecule has 2 atom stereocenters. The molecule has 148 valence electrons. The van der Waals surface area contributed by atoms with Gasteiger partial charge in [0.25, 0.3) is 0 Å². The highest BCUT2D eigenvalue weighted by molar-refractivity contribution is 5.95. The third kappa shape index (κ3) is 5.38. The van der Waals surface area contributed by atoms with Crippen molar-refractivity contribution in [3.8, 4) is 11.5 Å². The highest BCUT2D eigenvalue weighted by Crippen LogP contribution is 2.41. The van der Waals surface area contributed by atoms with E-state index in [4.69, 9.17) is 4.74 Å². The molecular formula is C23H32O4. The van der Waals surface area contributed by atoms with Crippen LogP contribution < -0.4 is 4.74 Å². The molecule has 1 aliphatic rings. The summed E-state index contributed by atoms with van der Waals surface area (Å²) in [5.41, 5.74) is 1.83. The number of aromatic hydroxyl groups is 1. The number of carboxylic acid groups (broad SMARTS) is 1. The van der Waals surface area contributed by atoms with Crippen molar-refractivity contribution in [1.29, 1.82) is 0 Å². The van der Waals surface area contributed by atoms with Gasteiger partial charge in [0.1, 0.15) is 22.7 Å². The van der Waals surface area contributed by atoms with Crippen LogP contribution in [0.25, 0.3) is 6.08 Å². The van der Waals surface area contributed by atoms with Gasteiger partial charge in [0, 0.05) is 0 Å². The molecule has 0 fully saturated rings.